The zero-order chi connectivity index (χ0) is 18.1. The van der Waals surface area contributed by atoms with Crippen molar-refractivity contribution >= 4 is 41.3 Å². The van der Waals surface area contributed by atoms with Gasteiger partial charge in [0, 0.05) is 25.0 Å². The molecule has 0 saturated heterocycles. The van der Waals surface area contributed by atoms with Crippen LogP contribution in [0.25, 0.3) is 0 Å². The Hall–Kier alpha value is -0.410. The lowest BCUT2D eigenvalue weighted by atomic mass is 9.93. The average Bonchev–Trinajstić information content (AvgIpc) is 3.03. The maximum Gasteiger partial charge on any atom is 0.191 e. The quantitative estimate of drug-likeness (QED) is 0.319. The summed E-state index contributed by atoms with van der Waals surface area (Å²) in [6.45, 7) is 10.5. The zero-order valence-electron chi connectivity index (χ0n) is 16.8. The molecule has 0 radical (unpaired) electrons. The van der Waals surface area contributed by atoms with Gasteiger partial charge in [-0.15, -0.1) is 35.3 Å². The molecule has 0 saturated carbocycles. The highest BCUT2D eigenvalue weighted by Gasteiger charge is 2.20. The molecular formula is C18H36IN5S. The fourth-order valence-electron chi connectivity index (χ4n) is 2.86. The third-order valence-corrected chi connectivity index (χ3v) is 5.39. The molecule has 0 fully saturated rings. The normalized spacial score (nSPS) is 13.3. The molecule has 1 rings (SSSR count). The van der Waals surface area contributed by atoms with Gasteiger partial charge in [0.05, 0.1) is 12.2 Å². The van der Waals surface area contributed by atoms with E-state index in [9.17, 15) is 0 Å². The maximum absolute atomic E-state index is 4.66. The van der Waals surface area contributed by atoms with Gasteiger partial charge in [-0.2, -0.15) is 0 Å². The van der Waals surface area contributed by atoms with Crippen molar-refractivity contribution in [3.05, 3.63) is 16.1 Å². The zero-order valence-corrected chi connectivity index (χ0v) is 19.9. The minimum Gasteiger partial charge on any atom is -0.355 e. The first kappa shape index (κ1) is 24.6. The van der Waals surface area contributed by atoms with Gasteiger partial charge in [-0.25, -0.2) is 4.98 Å². The Morgan fingerprint density at radius 2 is 1.88 bits per heavy atom. The highest BCUT2D eigenvalue weighted by molar-refractivity contribution is 14.0. The Labute approximate surface area is 175 Å². The summed E-state index contributed by atoms with van der Waals surface area (Å²) in [5.41, 5.74) is 1.17. The van der Waals surface area contributed by atoms with E-state index in [4.69, 9.17) is 0 Å². The smallest absolute Gasteiger partial charge is 0.191 e. The van der Waals surface area contributed by atoms with Gasteiger partial charge in [-0.1, -0.05) is 40.5 Å². The number of rotatable bonds is 9. The summed E-state index contributed by atoms with van der Waals surface area (Å²) >= 11 is 1.71. The number of aliphatic imine (C=N–C) groups is 1. The molecule has 7 heteroatoms. The number of halogens is 1. The fourth-order valence-corrected chi connectivity index (χ4v) is 3.75. The lowest BCUT2D eigenvalue weighted by molar-refractivity contribution is 0.200. The van der Waals surface area contributed by atoms with Crippen LogP contribution >= 0.6 is 35.3 Å². The summed E-state index contributed by atoms with van der Waals surface area (Å²) in [5, 5.41) is 10.1. The van der Waals surface area contributed by atoms with Crippen LogP contribution in [0.2, 0.25) is 0 Å². The first-order valence-electron chi connectivity index (χ1n) is 8.98. The number of aromatic nitrogens is 1. The Bertz CT molecular complexity index is 497. The molecule has 1 aromatic rings. The summed E-state index contributed by atoms with van der Waals surface area (Å²) in [4.78, 5) is 11.3. The number of likely N-dealkylation sites (N-methyl/N-ethyl adjacent to an activating group) is 1. The minimum absolute atomic E-state index is 0. The van der Waals surface area contributed by atoms with Crippen LogP contribution in [-0.4, -0.2) is 49.6 Å². The summed E-state index contributed by atoms with van der Waals surface area (Å²) < 4.78 is 0. The Morgan fingerprint density at radius 3 is 2.32 bits per heavy atom. The standard InChI is InChI=1S/C18H35N5S.HI/c1-8-14(9-2)16(23(6)7)10-20-18(19-5)21-11-17-22-15(12-24-17)13(3)4;/h12-14,16H,8-11H2,1-7H3,(H2,19,20,21);1H. The molecule has 0 amide bonds. The van der Waals surface area contributed by atoms with E-state index in [-0.39, 0.29) is 24.0 Å². The Kier molecular flexibility index (Phi) is 12.7. The minimum atomic E-state index is 0. The molecule has 146 valence electrons. The molecule has 1 unspecified atom stereocenters. The molecule has 2 N–H and O–H groups in total. The van der Waals surface area contributed by atoms with E-state index < -0.39 is 0 Å². The monoisotopic (exact) mass is 481 g/mol. The Morgan fingerprint density at radius 1 is 1.24 bits per heavy atom. The first-order chi connectivity index (χ1) is 11.4. The van der Waals surface area contributed by atoms with E-state index in [1.807, 2.05) is 7.05 Å². The van der Waals surface area contributed by atoms with Crippen LogP contribution in [0.5, 0.6) is 0 Å². The third-order valence-electron chi connectivity index (χ3n) is 4.53. The summed E-state index contributed by atoms with van der Waals surface area (Å²) in [6, 6.07) is 0.506. The molecule has 0 spiro atoms. The van der Waals surface area contributed by atoms with E-state index >= 15 is 0 Å². The second kappa shape index (κ2) is 12.9. The fraction of sp³-hybridized carbons (Fsp3) is 0.778. The molecule has 1 atom stereocenters. The number of guanidine groups is 1. The van der Waals surface area contributed by atoms with Crippen molar-refractivity contribution in [2.75, 3.05) is 27.7 Å². The number of hydrogen-bond acceptors (Lipinski definition) is 4. The van der Waals surface area contributed by atoms with E-state index in [2.05, 4.69) is 72.7 Å². The Balaban J connectivity index is 0.00000576. The highest BCUT2D eigenvalue weighted by Crippen LogP contribution is 2.18. The molecule has 1 heterocycles. The number of hydrogen-bond donors (Lipinski definition) is 2. The number of nitrogens with one attached hydrogen (secondary N) is 2. The molecule has 0 bridgehead atoms. The van der Waals surface area contributed by atoms with Crippen LogP contribution in [0.15, 0.2) is 10.4 Å². The van der Waals surface area contributed by atoms with Crippen LogP contribution in [0.3, 0.4) is 0 Å². The van der Waals surface area contributed by atoms with Gasteiger partial charge in [0.25, 0.3) is 0 Å². The highest BCUT2D eigenvalue weighted by atomic mass is 127. The number of nitrogens with zero attached hydrogens (tertiary/aromatic N) is 3. The molecular weight excluding hydrogens is 445 g/mol. The van der Waals surface area contributed by atoms with Gasteiger partial charge in [-0.3, -0.25) is 4.99 Å². The maximum atomic E-state index is 4.66. The van der Waals surface area contributed by atoms with Crippen LogP contribution in [0.4, 0.5) is 0 Å². The van der Waals surface area contributed by atoms with Crippen molar-refractivity contribution in [1.29, 1.82) is 0 Å². The lowest BCUT2D eigenvalue weighted by Crippen LogP contribution is -2.47. The van der Waals surface area contributed by atoms with Crippen LogP contribution in [-0.2, 0) is 6.54 Å². The second-order valence-corrected chi connectivity index (χ2v) is 7.68. The summed E-state index contributed by atoms with van der Waals surface area (Å²) in [7, 11) is 6.13. The average molecular weight is 481 g/mol. The summed E-state index contributed by atoms with van der Waals surface area (Å²) in [5.74, 6) is 2.01. The van der Waals surface area contributed by atoms with Crippen molar-refractivity contribution in [3.8, 4) is 0 Å². The van der Waals surface area contributed by atoms with Crippen molar-refractivity contribution in [1.82, 2.24) is 20.5 Å². The molecule has 0 aromatic carbocycles. The molecule has 5 nitrogen and oxygen atoms in total. The predicted octanol–water partition coefficient (Wildman–Crippen LogP) is 3.92. The van der Waals surface area contributed by atoms with Gasteiger partial charge < -0.3 is 15.5 Å². The topological polar surface area (TPSA) is 52.6 Å². The summed E-state index contributed by atoms with van der Waals surface area (Å²) in [6.07, 6.45) is 2.40. The van der Waals surface area contributed by atoms with Crippen molar-refractivity contribution in [2.24, 2.45) is 10.9 Å². The molecule has 0 aliphatic carbocycles. The van der Waals surface area contributed by atoms with E-state index in [0.29, 0.717) is 24.4 Å². The SMILES string of the molecule is CCC(CC)C(CNC(=NC)NCc1nc(C(C)C)cs1)N(C)C.I. The van der Waals surface area contributed by atoms with Crippen molar-refractivity contribution in [2.45, 2.75) is 59.0 Å². The molecule has 0 aliphatic heterocycles. The van der Waals surface area contributed by atoms with E-state index in [1.54, 1.807) is 11.3 Å². The van der Waals surface area contributed by atoms with Gasteiger partial charge in [0.2, 0.25) is 0 Å². The second-order valence-electron chi connectivity index (χ2n) is 6.74. The van der Waals surface area contributed by atoms with Gasteiger partial charge in [-0.05, 0) is 25.9 Å². The van der Waals surface area contributed by atoms with Gasteiger partial charge >= 0.3 is 0 Å². The predicted molar refractivity (Wildman–Crippen MR) is 121 cm³/mol. The van der Waals surface area contributed by atoms with Crippen molar-refractivity contribution in [3.63, 3.8) is 0 Å². The molecule has 0 aliphatic rings. The largest absolute Gasteiger partial charge is 0.355 e. The van der Waals surface area contributed by atoms with Gasteiger partial charge in [0.1, 0.15) is 5.01 Å². The van der Waals surface area contributed by atoms with E-state index in [0.717, 1.165) is 17.5 Å². The molecule has 1 aromatic heterocycles. The molecule has 25 heavy (non-hydrogen) atoms. The van der Waals surface area contributed by atoms with Crippen molar-refractivity contribution < 1.29 is 0 Å². The van der Waals surface area contributed by atoms with Crippen LogP contribution in [0, 0.1) is 5.92 Å². The van der Waals surface area contributed by atoms with Crippen LogP contribution in [0.1, 0.15) is 57.2 Å². The van der Waals surface area contributed by atoms with Gasteiger partial charge in [0.15, 0.2) is 5.96 Å². The first-order valence-corrected chi connectivity index (χ1v) is 9.86. The van der Waals surface area contributed by atoms with E-state index in [1.165, 1.54) is 18.5 Å². The number of thiazole rings is 1. The lowest BCUT2D eigenvalue weighted by Gasteiger charge is -2.32. The third kappa shape index (κ3) is 8.21. The van der Waals surface area contributed by atoms with Crippen LogP contribution < -0.4 is 10.6 Å².